The molecule has 1 fully saturated rings. The van der Waals surface area contributed by atoms with Crippen LogP contribution >= 0.6 is 0 Å². The van der Waals surface area contributed by atoms with Crippen molar-refractivity contribution in [1.29, 1.82) is 0 Å². The largest absolute Gasteiger partial charge is 0.504 e. The first-order valence-corrected chi connectivity index (χ1v) is 8.52. The van der Waals surface area contributed by atoms with Gasteiger partial charge in [0.2, 0.25) is 0 Å². The number of nitrogens with zero attached hydrogens (tertiary/aromatic N) is 2. The molecule has 0 atom stereocenters. The molecule has 1 aliphatic rings. The van der Waals surface area contributed by atoms with E-state index < -0.39 is 11.4 Å². The van der Waals surface area contributed by atoms with Gasteiger partial charge in [-0.15, -0.1) is 0 Å². The molecule has 1 saturated carbocycles. The number of carbonyl (C=O) groups excluding carboxylic acids is 1. The molecular formula is C20H18FN3O3. The standard InChI is InChI=1S/C20H18FN3O3/c1-27-16-7-5-15(6-8-16)24-12-17(25)18(23-24)19(26)22-20(9-10-20)13-3-2-4-14(21)11-13/h2-8,11-12,25H,9-10H2,1H3,(H,22,26). The smallest absolute Gasteiger partial charge is 0.276 e. The average molecular weight is 367 g/mol. The van der Waals surface area contributed by atoms with Gasteiger partial charge in [-0.25, -0.2) is 9.07 Å². The number of benzene rings is 2. The molecule has 1 aliphatic carbocycles. The zero-order chi connectivity index (χ0) is 19.0. The Morgan fingerprint density at radius 1 is 1.26 bits per heavy atom. The topological polar surface area (TPSA) is 76.4 Å². The lowest BCUT2D eigenvalue weighted by atomic mass is 10.0. The summed E-state index contributed by atoms with van der Waals surface area (Å²) in [5.41, 5.74) is 0.713. The van der Waals surface area contributed by atoms with Gasteiger partial charge in [0.15, 0.2) is 11.4 Å². The number of hydrogen-bond acceptors (Lipinski definition) is 4. The summed E-state index contributed by atoms with van der Waals surface area (Å²) < 4.78 is 20.1. The van der Waals surface area contributed by atoms with Gasteiger partial charge in [0, 0.05) is 0 Å². The van der Waals surface area contributed by atoms with E-state index in [4.69, 9.17) is 4.74 Å². The van der Waals surface area contributed by atoms with E-state index in [0.717, 1.165) is 0 Å². The minimum absolute atomic E-state index is 0.0755. The maximum Gasteiger partial charge on any atom is 0.276 e. The van der Waals surface area contributed by atoms with Crippen LogP contribution in [-0.2, 0) is 5.54 Å². The first-order chi connectivity index (χ1) is 13.0. The average Bonchev–Trinajstić information content (AvgIpc) is 3.35. The summed E-state index contributed by atoms with van der Waals surface area (Å²) in [4.78, 5) is 12.7. The van der Waals surface area contributed by atoms with Crippen LogP contribution in [-0.4, -0.2) is 27.9 Å². The molecule has 2 aromatic carbocycles. The van der Waals surface area contributed by atoms with Gasteiger partial charge in [0.25, 0.3) is 5.91 Å². The molecule has 0 radical (unpaired) electrons. The molecule has 4 rings (SSSR count). The minimum Gasteiger partial charge on any atom is -0.504 e. The molecule has 1 aromatic heterocycles. The lowest BCUT2D eigenvalue weighted by Gasteiger charge is -2.17. The van der Waals surface area contributed by atoms with Crippen molar-refractivity contribution in [3.63, 3.8) is 0 Å². The van der Waals surface area contributed by atoms with Crippen molar-refractivity contribution in [3.8, 4) is 17.2 Å². The Kier molecular flexibility index (Phi) is 4.07. The first-order valence-electron chi connectivity index (χ1n) is 8.52. The van der Waals surface area contributed by atoms with Crippen LogP contribution in [0, 0.1) is 5.82 Å². The van der Waals surface area contributed by atoms with E-state index in [-0.39, 0.29) is 17.3 Å². The van der Waals surface area contributed by atoms with Crippen LogP contribution in [0.4, 0.5) is 4.39 Å². The summed E-state index contributed by atoms with van der Waals surface area (Å²) in [5.74, 6) is -0.376. The quantitative estimate of drug-likeness (QED) is 0.726. The molecule has 7 heteroatoms. The molecule has 0 spiro atoms. The number of ether oxygens (including phenoxy) is 1. The lowest BCUT2D eigenvalue weighted by Crippen LogP contribution is -2.35. The molecule has 0 bridgehead atoms. The molecule has 138 valence electrons. The van der Waals surface area contributed by atoms with E-state index in [0.29, 0.717) is 29.8 Å². The Balaban J connectivity index is 1.56. The Morgan fingerprint density at radius 2 is 2.00 bits per heavy atom. The second kappa shape index (κ2) is 6.42. The monoisotopic (exact) mass is 367 g/mol. The third-order valence-electron chi connectivity index (χ3n) is 4.73. The molecule has 0 aliphatic heterocycles. The molecular weight excluding hydrogens is 349 g/mol. The van der Waals surface area contributed by atoms with Gasteiger partial charge < -0.3 is 15.2 Å². The van der Waals surface area contributed by atoms with E-state index >= 15 is 0 Å². The first kappa shape index (κ1) is 17.1. The van der Waals surface area contributed by atoms with Crippen LogP contribution in [0.25, 0.3) is 5.69 Å². The fraction of sp³-hybridized carbons (Fsp3) is 0.200. The predicted octanol–water partition coefficient (Wildman–Crippen LogP) is 3.14. The number of aromatic nitrogens is 2. The number of hydrogen-bond donors (Lipinski definition) is 2. The van der Waals surface area contributed by atoms with E-state index in [1.165, 1.54) is 23.0 Å². The number of nitrogens with one attached hydrogen (secondary N) is 1. The summed E-state index contributed by atoms with van der Waals surface area (Å²) in [6.07, 6.45) is 2.79. The third-order valence-corrected chi connectivity index (χ3v) is 4.73. The van der Waals surface area contributed by atoms with E-state index in [2.05, 4.69) is 10.4 Å². The van der Waals surface area contributed by atoms with Gasteiger partial charge in [-0.05, 0) is 54.8 Å². The summed E-state index contributed by atoms with van der Waals surface area (Å²) in [5, 5.41) is 17.3. The highest BCUT2D eigenvalue weighted by molar-refractivity contribution is 5.95. The van der Waals surface area contributed by atoms with Crippen molar-refractivity contribution < 1.29 is 19.0 Å². The van der Waals surface area contributed by atoms with Gasteiger partial charge >= 0.3 is 0 Å². The number of aromatic hydroxyl groups is 1. The molecule has 6 nitrogen and oxygen atoms in total. The Bertz CT molecular complexity index is 994. The van der Waals surface area contributed by atoms with Crippen LogP contribution < -0.4 is 10.1 Å². The summed E-state index contributed by atoms with van der Waals surface area (Å²) in [6.45, 7) is 0. The highest BCUT2D eigenvalue weighted by Gasteiger charge is 2.46. The maximum absolute atomic E-state index is 13.5. The van der Waals surface area contributed by atoms with Crippen LogP contribution in [0.1, 0.15) is 28.9 Å². The van der Waals surface area contributed by atoms with Crippen molar-refractivity contribution in [2.24, 2.45) is 0 Å². The third kappa shape index (κ3) is 3.23. The zero-order valence-electron chi connectivity index (χ0n) is 14.6. The van der Waals surface area contributed by atoms with E-state index in [9.17, 15) is 14.3 Å². The van der Waals surface area contributed by atoms with Crippen molar-refractivity contribution in [1.82, 2.24) is 15.1 Å². The Morgan fingerprint density at radius 3 is 2.63 bits per heavy atom. The highest BCUT2D eigenvalue weighted by atomic mass is 19.1. The zero-order valence-corrected chi connectivity index (χ0v) is 14.6. The van der Waals surface area contributed by atoms with Gasteiger partial charge in [-0.1, -0.05) is 12.1 Å². The second-order valence-corrected chi connectivity index (χ2v) is 6.55. The van der Waals surface area contributed by atoms with E-state index in [1.807, 2.05) is 0 Å². The number of amides is 1. The second-order valence-electron chi connectivity index (χ2n) is 6.55. The van der Waals surface area contributed by atoms with E-state index in [1.54, 1.807) is 43.5 Å². The van der Waals surface area contributed by atoms with Crippen LogP contribution in [0.3, 0.4) is 0 Å². The van der Waals surface area contributed by atoms with Gasteiger partial charge in [0.1, 0.15) is 11.6 Å². The molecule has 27 heavy (non-hydrogen) atoms. The van der Waals surface area contributed by atoms with Gasteiger partial charge in [0.05, 0.1) is 24.5 Å². The molecule has 2 N–H and O–H groups in total. The predicted molar refractivity (Wildman–Crippen MR) is 96.6 cm³/mol. The van der Waals surface area contributed by atoms with Crippen LogP contribution in [0.5, 0.6) is 11.5 Å². The molecule has 3 aromatic rings. The van der Waals surface area contributed by atoms with Crippen molar-refractivity contribution in [3.05, 3.63) is 71.8 Å². The van der Waals surface area contributed by atoms with Crippen molar-refractivity contribution in [2.45, 2.75) is 18.4 Å². The van der Waals surface area contributed by atoms with Crippen LogP contribution in [0.15, 0.2) is 54.7 Å². The fourth-order valence-electron chi connectivity index (χ4n) is 3.07. The van der Waals surface area contributed by atoms with Crippen molar-refractivity contribution in [2.75, 3.05) is 7.11 Å². The highest BCUT2D eigenvalue weighted by Crippen LogP contribution is 2.46. The summed E-state index contributed by atoms with van der Waals surface area (Å²) in [7, 11) is 1.57. The molecule has 1 amide bonds. The Labute approximate surface area is 155 Å². The van der Waals surface area contributed by atoms with Gasteiger partial charge in [-0.2, -0.15) is 5.10 Å². The molecule has 0 unspecified atom stereocenters. The fourth-order valence-corrected chi connectivity index (χ4v) is 3.07. The SMILES string of the molecule is COc1ccc(-n2cc(O)c(C(=O)NC3(c4cccc(F)c4)CC3)n2)cc1. The van der Waals surface area contributed by atoms with Crippen LogP contribution in [0.2, 0.25) is 0 Å². The number of halogens is 1. The Hall–Kier alpha value is -3.35. The summed E-state index contributed by atoms with van der Waals surface area (Å²) in [6, 6.07) is 13.2. The van der Waals surface area contributed by atoms with Gasteiger partial charge in [-0.3, -0.25) is 4.79 Å². The summed E-state index contributed by atoms with van der Waals surface area (Å²) >= 11 is 0. The number of rotatable bonds is 5. The molecule has 0 saturated heterocycles. The molecule has 1 heterocycles. The number of methoxy groups -OCH3 is 1. The number of carbonyl (C=O) groups is 1. The normalized spacial score (nSPS) is 14.6. The maximum atomic E-state index is 13.5. The lowest BCUT2D eigenvalue weighted by molar-refractivity contribution is 0.0922. The minimum atomic E-state index is -0.602. The van der Waals surface area contributed by atoms with Crippen molar-refractivity contribution >= 4 is 5.91 Å².